The summed E-state index contributed by atoms with van der Waals surface area (Å²) in [5.74, 6) is 2.16. The minimum atomic E-state index is -0.0999. The lowest BCUT2D eigenvalue weighted by Crippen LogP contribution is -2.43. The molecule has 0 aromatic heterocycles. The molecule has 1 N–H and O–H groups in total. The molecular weight excluding hydrogens is 330 g/mol. The molecule has 0 saturated heterocycles. The molecule has 1 aromatic carbocycles. The van der Waals surface area contributed by atoms with Gasteiger partial charge in [-0.05, 0) is 50.3 Å². The molecule has 5 heteroatoms. The van der Waals surface area contributed by atoms with Gasteiger partial charge in [0.05, 0.1) is 19.3 Å². The summed E-state index contributed by atoms with van der Waals surface area (Å²) in [4.78, 5) is 25.0. The number of rotatable bonds is 3. The number of benzene rings is 1. The summed E-state index contributed by atoms with van der Waals surface area (Å²) >= 11 is 0. The first-order valence-corrected chi connectivity index (χ1v) is 9.85. The molecule has 2 fully saturated rings. The maximum Gasteiger partial charge on any atom is 0.223 e. The highest BCUT2D eigenvalue weighted by Crippen LogP contribution is 2.40. The zero-order valence-electron chi connectivity index (χ0n) is 15.3. The van der Waals surface area contributed by atoms with Crippen LogP contribution in [0.1, 0.15) is 57.1 Å². The summed E-state index contributed by atoms with van der Waals surface area (Å²) < 4.78 is 11.4. The van der Waals surface area contributed by atoms with E-state index >= 15 is 0 Å². The summed E-state index contributed by atoms with van der Waals surface area (Å²) in [5, 5.41) is 3.15. The van der Waals surface area contributed by atoms with Gasteiger partial charge in [-0.25, -0.2) is 0 Å². The van der Waals surface area contributed by atoms with Gasteiger partial charge in [0.15, 0.2) is 11.5 Å². The summed E-state index contributed by atoms with van der Waals surface area (Å²) in [5.41, 5.74) is 1.01. The third-order valence-electron chi connectivity index (χ3n) is 6.05. The summed E-state index contributed by atoms with van der Waals surface area (Å²) in [6.07, 6.45) is 5.35. The van der Waals surface area contributed by atoms with Crippen molar-refractivity contribution in [3.8, 4) is 11.5 Å². The van der Waals surface area contributed by atoms with E-state index in [1.54, 1.807) is 0 Å². The number of ether oxygens (including phenoxy) is 2. The van der Waals surface area contributed by atoms with Crippen molar-refractivity contribution in [2.24, 2.45) is 17.8 Å². The number of carbonyl (C=O) groups is 2. The SMILES string of the molecule is C[C@@H](NC(=O)C1C[C@H]2CCC[C@@H](C1)C2=O)c1ccc2c(c1)OCCCO2. The van der Waals surface area contributed by atoms with E-state index in [1.165, 1.54) is 0 Å². The summed E-state index contributed by atoms with van der Waals surface area (Å²) in [6, 6.07) is 5.77. The monoisotopic (exact) mass is 357 g/mol. The Balaban J connectivity index is 1.41. The molecule has 26 heavy (non-hydrogen) atoms. The molecule has 1 heterocycles. The van der Waals surface area contributed by atoms with Gasteiger partial charge < -0.3 is 14.8 Å². The van der Waals surface area contributed by atoms with Crippen LogP contribution in [0.4, 0.5) is 0 Å². The number of amides is 1. The smallest absolute Gasteiger partial charge is 0.223 e. The fraction of sp³-hybridized carbons (Fsp3) is 0.619. The van der Waals surface area contributed by atoms with Gasteiger partial charge in [-0.1, -0.05) is 12.5 Å². The van der Waals surface area contributed by atoms with Crippen LogP contribution in [0.15, 0.2) is 18.2 Å². The molecule has 3 aliphatic rings. The van der Waals surface area contributed by atoms with Gasteiger partial charge in [0.2, 0.25) is 5.91 Å². The van der Waals surface area contributed by atoms with Crippen LogP contribution in [-0.4, -0.2) is 24.9 Å². The van der Waals surface area contributed by atoms with Crippen molar-refractivity contribution < 1.29 is 19.1 Å². The molecule has 0 radical (unpaired) electrons. The molecule has 2 bridgehead atoms. The van der Waals surface area contributed by atoms with Crippen LogP contribution < -0.4 is 14.8 Å². The molecular formula is C21H27NO4. The Morgan fingerprint density at radius 2 is 1.77 bits per heavy atom. The minimum absolute atomic E-state index is 0.0362. The van der Waals surface area contributed by atoms with Gasteiger partial charge in [0.1, 0.15) is 5.78 Å². The van der Waals surface area contributed by atoms with Gasteiger partial charge >= 0.3 is 0 Å². The largest absolute Gasteiger partial charge is 0.490 e. The molecule has 1 unspecified atom stereocenters. The zero-order chi connectivity index (χ0) is 18.1. The van der Waals surface area contributed by atoms with E-state index in [9.17, 15) is 9.59 Å². The topological polar surface area (TPSA) is 64.6 Å². The number of hydrogen-bond donors (Lipinski definition) is 1. The Kier molecular flexibility index (Phi) is 4.88. The first-order valence-electron chi connectivity index (χ1n) is 9.85. The molecule has 1 aliphatic heterocycles. The third kappa shape index (κ3) is 3.44. The van der Waals surface area contributed by atoms with Crippen molar-refractivity contribution in [3.05, 3.63) is 23.8 Å². The van der Waals surface area contributed by atoms with Crippen LogP contribution in [-0.2, 0) is 9.59 Å². The quantitative estimate of drug-likeness (QED) is 0.900. The lowest BCUT2D eigenvalue weighted by atomic mass is 9.67. The number of fused-ring (bicyclic) bond motifs is 3. The molecule has 1 amide bonds. The molecule has 4 rings (SSSR count). The maximum absolute atomic E-state index is 12.8. The van der Waals surface area contributed by atoms with E-state index in [0.717, 1.165) is 55.6 Å². The van der Waals surface area contributed by atoms with Crippen LogP contribution >= 0.6 is 0 Å². The average molecular weight is 357 g/mol. The van der Waals surface area contributed by atoms with Crippen molar-refractivity contribution in [2.75, 3.05) is 13.2 Å². The van der Waals surface area contributed by atoms with Crippen LogP contribution in [0.2, 0.25) is 0 Å². The second-order valence-corrected chi connectivity index (χ2v) is 7.88. The van der Waals surface area contributed by atoms with Gasteiger partial charge in [-0.15, -0.1) is 0 Å². The lowest BCUT2D eigenvalue weighted by molar-refractivity contribution is -0.137. The lowest BCUT2D eigenvalue weighted by Gasteiger charge is -2.37. The molecule has 5 nitrogen and oxygen atoms in total. The predicted octanol–water partition coefficient (Wildman–Crippen LogP) is 3.42. The summed E-state index contributed by atoms with van der Waals surface area (Å²) in [7, 11) is 0. The van der Waals surface area contributed by atoms with Crippen LogP contribution in [0.25, 0.3) is 0 Å². The van der Waals surface area contributed by atoms with E-state index in [4.69, 9.17) is 9.47 Å². The van der Waals surface area contributed by atoms with Crippen molar-refractivity contribution in [3.63, 3.8) is 0 Å². The molecule has 1 aromatic rings. The average Bonchev–Trinajstić information content (AvgIpc) is 2.86. The highest BCUT2D eigenvalue weighted by molar-refractivity contribution is 5.88. The van der Waals surface area contributed by atoms with Gasteiger partial charge in [0.25, 0.3) is 0 Å². The third-order valence-corrected chi connectivity index (χ3v) is 6.05. The second kappa shape index (κ2) is 7.29. The molecule has 4 atom stereocenters. The highest BCUT2D eigenvalue weighted by Gasteiger charge is 2.41. The standard InChI is InChI=1S/C21H27NO4/c1-13(14-6-7-18-19(12-14)26-9-3-8-25-18)22-21(24)17-10-15-4-2-5-16(11-17)20(15)23/h6-7,12-13,15-17H,2-5,8-11H2,1H3,(H,22,24)/t13-,15-,16+,17?/m1/s1. The number of ketones is 1. The first kappa shape index (κ1) is 17.4. The predicted molar refractivity (Wildman–Crippen MR) is 97.2 cm³/mol. The Morgan fingerprint density at radius 3 is 2.50 bits per heavy atom. The maximum atomic E-state index is 12.8. The fourth-order valence-corrected chi connectivity index (χ4v) is 4.56. The van der Waals surface area contributed by atoms with Crippen LogP contribution in [0.5, 0.6) is 11.5 Å². The highest BCUT2D eigenvalue weighted by atomic mass is 16.5. The number of Topliss-reactive ketones (excluding diaryl/α,β-unsaturated/α-hetero) is 1. The van der Waals surface area contributed by atoms with E-state index in [2.05, 4.69) is 5.32 Å². The Labute approximate surface area is 154 Å². The van der Waals surface area contributed by atoms with E-state index in [0.29, 0.717) is 19.0 Å². The Bertz CT molecular complexity index is 685. The van der Waals surface area contributed by atoms with Gasteiger partial charge in [-0.3, -0.25) is 9.59 Å². The Morgan fingerprint density at radius 1 is 1.08 bits per heavy atom. The van der Waals surface area contributed by atoms with E-state index in [1.807, 2.05) is 25.1 Å². The van der Waals surface area contributed by atoms with E-state index in [-0.39, 0.29) is 29.7 Å². The zero-order valence-corrected chi connectivity index (χ0v) is 15.3. The van der Waals surface area contributed by atoms with E-state index < -0.39 is 0 Å². The fourth-order valence-electron chi connectivity index (χ4n) is 4.56. The number of carbonyl (C=O) groups excluding carboxylic acids is 2. The Hall–Kier alpha value is -2.04. The molecule has 2 aliphatic carbocycles. The van der Waals surface area contributed by atoms with Crippen LogP contribution in [0, 0.1) is 17.8 Å². The number of nitrogens with one attached hydrogen (secondary N) is 1. The van der Waals surface area contributed by atoms with Crippen molar-refractivity contribution in [2.45, 2.75) is 51.5 Å². The van der Waals surface area contributed by atoms with Gasteiger partial charge in [0, 0.05) is 24.2 Å². The molecule has 2 saturated carbocycles. The number of hydrogen-bond acceptors (Lipinski definition) is 4. The van der Waals surface area contributed by atoms with Gasteiger partial charge in [-0.2, -0.15) is 0 Å². The normalized spacial score (nSPS) is 28.8. The summed E-state index contributed by atoms with van der Waals surface area (Å²) in [6.45, 7) is 3.31. The van der Waals surface area contributed by atoms with Crippen molar-refractivity contribution >= 4 is 11.7 Å². The first-order chi connectivity index (χ1) is 12.6. The van der Waals surface area contributed by atoms with Crippen LogP contribution in [0.3, 0.4) is 0 Å². The minimum Gasteiger partial charge on any atom is -0.490 e. The molecule has 0 spiro atoms. The van der Waals surface area contributed by atoms with Crippen molar-refractivity contribution in [1.29, 1.82) is 0 Å². The van der Waals surface area contributed by atoms with Crippen molar-refractivity contribution in [1.82, 2.24) is 5.32 Å². The molecule has 140 valence electrons. The second-order valence-electron chi connectivity index (χ2n) is 7.88.